The number of nitrogens with one attached hydrogen (secondary N) is 1. The molecule has 0 atom stereocenters. The number of H-pyrrole nitrogens is 1. The predicted molar refractivity (Wildman–Crippen MR) is 71.6 cm³/mol. The van der Waals surface area contributed by atoms with E-state index >= 15 is 0 Å². The van der Waals surface area contributed by atoms with Crippen molar-refractivity contribution in [2.75, 3.05) is 0 Å². The highest BCUT2D eigenvalue weighted by Gasteiger charge is 2.16. The van der Waals surface area contributed by atoms with Gasteiger partial charge in [0.25, 0.3) is 0 Å². The molecule has 2 heteroatoms. The maximum absolute atomic E-state index is 12.2. The van der Waals surface area contributed by atoms with Crippen molar-refractivity contribution in [3.63, 3.8) is 0 Å². The number of carbonyl (C=O) groups is 1. The molecule has 2 aromatic rings. The van der Waals surface area contributed by atoms with E-state index in [-0.39, 0.29) is 5.78 Å². The van der Waals surface area contributed by atoms with E-state index in [0.29, 0.717) is 12.3 Å². The number of aryl methyl sites for hydroxylation is 2. The number of fused-ring (bicyclic) bond motifs is 1. The third kappa shape index (κ3) is 2.26. The van der Waals surface area contributed by atoms with Crippen molar-refractivity contribution in [3.8, 4) is 0 Å². The fraction of sp³-hybridized carbons (Fsp3) is 0.400. The van der Waals surface area contributed by atoms with E-state index in [1.54, 1.807) is 0 Å². The van der Waals surface area contributed by atoms with Crippen LogP contribution in [0.4, 0.5) is 0 Å². The number of benzene rings is 1. The highest BCUT2D eigenvalue weighted by atomic mass is 16.1. The van der Waals surface area contributed by atoms with Crippen LogP contribution in [-0.4, -0.2) is 10.8 Å². The van der Waals surface area contributed by atoms with Crippen LogP contribution in [0.2, 0.25) is 0 Å². The van der Waals surface area contributed by atoms with Crippen LogP contribution in [-0.2, 0) is 0 Å². The molecule has 1 heterocycles. The van der Waals surface area contributed by atoms with Gasteiger partial charge >= 0.3 is 0 Å². The first-order chi connectivity index (χ1) is 7.99. The van der Waals surface area contributed by atoms with E-state index in [1.807, 2.05) is 13.0 Å². The Morgan fingerprint density at radius 1 is 1.29 bits per heavy atom. The summed E-state index contributed by atoms with van der Waals surface area (Å²) in [6.07, 6.45) is 0.613. The van der Waals surface area contributed by atoms with Gasteiger partial charge in [-0.25, -0.2) is 0 Å². The minimum atomic E-state index is 0.245. The minimum absolute atomic E-state index is 0.245. The number of hydrogen-bond acceptors (Lipinski definition) is 1. The van der Waals surface area contributed by atoms with Gasteiger partial charge in [-0.05, 0) is 31.9 Å². The molecule has 1 aromatic carbocycles. The molecule has 0 radical (unpaired) electrons. The molecular formula is C15H19NO. The van der Waals surface area contributed by atoms with E-state index in [4.69, 9.17) is 0 Å². The van der Waals surface area contributed by atoms with Crippen molar-refractivity contribution in [3.05, 3.63) is 35.0 Å². The summed E-state index contributed by atoms with van der Waals surface area (Å²) in [6.45, 7) is 8.18. The molecule has 0 aliphatic carbocycles. The molecular weight excluding hydrogens is 210 g/mol. The Bertz CT molecular complexity index is 564. The lowest BCUT2D eigenvalue weighted by Gasteiger charge is -2.04. The number of aromatic amines is 1. The Labute approximate surface area is 102 Å². The standard InChI is InChI=1S/C15H19NO/c1-9(2)7-14(17)15-11(4)16-13-6-5-10(3)8-12(13)15/h5-6,8-9,16H,7H2,1-4H3. The smallest absolute Gasteiger partial charge is 0.165 e. The Morgan fingerprint density at radius 3 is 2.65 bits per heavy atom. The van der Waals surface area contributed by atoms with Gasteiger partial charge in [0.15, 0.2) is 5.78 Å². The van der Waals surface area contributed by atoms with E-state index in [2.05, 4.69) is 37.9 Å². The highest BCUT2D eigenvalue weighted by Crippen LogP contribution is 2.25. The first kappa shape index (κ1) is 11.9. The van der Waals surface area contributed by atoms with Crippen LogP contribution >= 0.6 is 0 Å². The van der Waals surface area contributed by atoms with E-state index in [0.717, 1.165) is 22.2 Å². The van der Waals surface area contributed by atoms with Crippen LogP contribution in [0.15, 0.2) is 18.2 Å². The molecule has 1 aromatic heterocycles. The zero-order valence-corrected chi connectivity index (χ0v) is 10.9. The number of aromatic nitrogens is 1. The first-order valence-electron chi connectivity index (χ1n) is 6.11. The zero-order valence-electron chi connectivity index (χ0n) is 10.9. The summed E-state index contributed by atoms with van der Waals surface area (Å²) in [5.41, 5.74) is 4.10. The third-order valence-corrected chi connectivity index (χ3v) is 3.01. The molecule has 90 valence electrons. The SMILES string of the molecule is Cc1ccc2[nH]c(C)c(C(=O)CC(C)C)c2c1. The largest absolute Gasteiger partial charge is 0.358 e. The lowest BCUT2D eigenvalue weighted by Crippen LogP contribution is -2.04. The van der Waals surface area contributed by atoms with Gasteiger partial charge in [-0.2, -0.15) is 0 Å². The molecule has 0 fully saturated rings. The van der Waals surface area contributed by atoms with Crippen LogP contribution in [0, 0.1) is 19.8 Å². The molecule has 0 spiro atoms. The molecule has 2 rings (SSSR count). The van der Waals surface area contributed by atoms with Crippen molar-refractivity contribution in [2.24, 2.45) is 5.92 Å². The molecule has 0 aliphatic rings. The molecule has 0 saturated carbocycles. The fourth-order valence-corrected chi connectivity index (χ4v) is 2.27. The lowest BCUT2D eigenvalue weighted by molar-refractivity contribution is 0.0969. The van der Waals surface area contributed by atoms with Gasteiger partial charge in [0.05, 0.1) is 0 Å². The Morgan fingerprint density at radius 2 is 2.00 bits per heavy atom. The number of rotatable bonds is 3. The van der Waals surface area contributed by atoms with Crippen LogP contribution in [0.3, 0.4) is 0 Å². The lowest BCUT2D eigenvalue weighted by atomic mass is 9.98. The van der Waals surface area contributed by atoms with Crippen LogP contribution in [0.1, 0.15) is 41.9 Å². The molecule has 1 N–H and O–H groups in total. The normalized spacial score (nSPS) is 11.4. The number of hydrogen-bond donors (Lipinski definition) is 1. The molecule has 0 bridgehead atoms. The molecule has 0 aliphatic heterocycles. The first-order valence-corrected chi connectivity index (χ1v) is 6.11. The van der Waals surface area contributed by atoms with Gasteiger partial charge in [0.1, 0.15) is 0 Å². The topological polar surface area (TPSA) is 32.9 Å². The number of Topliss-reactive ketones (excluding diaryl/α,β-unsaturated/α-hetero) is 1. The maximum Gasteiger partial charge on any atom is 0.165 e. The second kappa shape index (κ2) is 4.36. The van der Waals surface area contributed by atoms with Crippen molar-refractivity contribution < 1.29 is 4.79 Å². The molecule has 0 unspecified atom stereocenters. The number of carbonyl (C=O) groups excluding carboxylic acids is 1. The van der Waals surface area contributed by atoms with Gasteiger partial charge in [-0.1, -0.05) is 25.5 Å². The average Bonchev–Trinajstić information content (AvgIpc) is 2.52. The highest BCUT2D eigenvalue weighted by molar-refractivity contribution is 6.09. The van der Waals surface area contributed by atoms with E-state index in [1.165, 1.54) is 5.56 Å². The zero-order chi connectivity index (χ0) is 12.6. The Hall–Kier alpha value is -1.57. The molecule has 0 saturated heterocycles. The molecule has 17 heavy (non-hydrogen) atoms. The van der Waals surface area contributed by atoms with Gasteiger partial charge < -0.3 is 4.98 Å². The quantitative estimate of drug-likeness (QED) is 0.792. The van der Waals surface area contributed by atoms with Crippen molar-refractivity contribution in [2.45, 2.75) is 34.1 Å². The summed E-state index contributed by atoms with van der Waals surface area (Å²) in [6, 6.07) is 6.20. The average molecular weight is 229 g/mol. The van der Waals surface area contributed by atoms with Gasteiger partial charge in [-0.15, -0.1) is 0 Å². The second-order valence-electron chi connectivity index (χ2n) is 5.20. The number of ketones is 1. The van der Waals surface area contributed by atoms with Crippen LogP contribution in [0.25, 0.3) is 10.9 Å². The minimum Gasteiger partial charge on any atom is -0.358 e. The molecule has 0 amide bonds. The van der Waals surface area contributed by atoms with Gasteiger partial charge in [0.2, 0.25) is 0 Å². The summed E-state index contributed by atoms with van der Waals surface area (Å²) < 4.78 is 0. The van der Waals surface area contributed by atoms with Crippen LogP contribution < -0.4 is 0 Å². The van der Waals surface area contributed by atoms with E-state index in [9.17, 15) is 4.79 Å². The maximum atomic E-state index is 12.2. The van der Waals surface area contributed by atoms with E-state index < -0.39 is 0 Å². The molecule has 2 nitrogen and oxygen atoms in total. The van der Waals surface area contributed by atoms with Crippen molar-refractivity contribution >= 4 is 16.7 Å². The summed E-state index contributed by atoms with van der Waals surface area (Å²) >= 11 is 0. The Kier molecular flexibility index (Phi) is 3.05. The fourth-order valence-electron chi connectivity index (χ4n) is 2.27. The Balaban J connectivity index is 2.55. The summed E-state index contributed by atoms with van der Waals surface area (Å²) in [7, 11) is 0. The second-order valence-corrected chi connectivity index (χ2v) is 5.20. The predicted octanol–water partition coefficient (Wildman–Crippen LogP) is 4.01. The van der Waals surface area contributed by atoms with Crippen LogP contribution in [0.5, 0.6) is 0 Å². The summed E-state index contributed by atoms with van der Waals surface area (Å²) in [5, 5.41) is 1.06. The summed E-state index contributed by atoms with van der Waals surface area (Å²) in [5.74, 6) is 0.644. The summed E-state index contributed by atoms with van der Waals surface area (Å²) in [4.78, 5) is 15.5. The van der Waals surface area contributed by atoms with Gasteiger partial charge in [0, 0.05) is 28.6 Å². The van der Waals surface area contributed by atoms with Crippen molar-refractivity contribution in [1.82, 2.24) is 4.98 Å². The van der Waals surface area contributed by atoms with Crippen molar-refractivity contribution in [1.29, 1.82) is 0 Å². The monoisotopic (exact) mass is 229 g/mol. The third-order valence-electron chi connectivity index (χ3n) is 3.01. The van der Waals surface area contributed by atoms with Gasteiger partial charge in [-0.3, -0.25) is 4.79 Å².